The fourth-order valence-corrected chi connectivity index (χ4v) is 0.970. The van der Waals surface area contributed by atoms with Gasteiger partial charge in [-0.05, 0) is 27.2 Å². The van der Waals surface area contributed by atoms with Gasteiger partial charge in [-0.15, -0.1) is 0 Å². The number of hydrogen-bond acceptors (Lipinski definition) is 3. The Kier molecular flexibility index (Phi) is 5.62. The lowest BCUT2D eigenvalue weighted by atomic mass is 10.0. The Morgan fingerprint density at radius 3 is 2.27 bits per heavy atom. The Labute approximate surface area is 89.9 Å². The van der Waals surface area contributed by atoms with E-state index >= 15 is 0 Å². The first kappa shape index (κ1) is 13.6. The van der Waals surface area contributed by atoms with Gasteiger partial charge in [0, 0.05) is 0 Å². The van der Waals surface area contributed by atoms with Crippen LogP contribution < -0.4 is 11.5 Å². The van der Waals surface area contributed by atoms with Crippen LogP contribution in [0.15, 0.2) is 16.1 Å². The SMILES string of the molecule is CC(N)=NC/C(C)=C(/C)CC(N)C(=O)O. The topological polar surface area (TPSA) is 102 Å². The van der Waals surface area contributed by atoms with Gasteiger partial charge in [0.2, 0.25) is 0 Å². The number of hydrogen-bond donors (Lipinski definition) is 3. The molecule has 0 fully saturated rings. The summed E-state index contributed by atoms with van der Waals surface area (Å²) in [4.78, 5) is 14.6. The second-order valence-corrected chi connectivity index (χ2v) is 3.67. The first-order valence-electron chi connectivity index (χ1n) is 4.74. The van der Waals surface area contributed by atoms with Crippen molar-refractivity contribution in [2.45, 2.75) is 33.2 Å². The summed E-state index contributed by atoms with van der Waals surface area (Å²) in [6.45, 7) is 5.97. The van der Waals surface area contributed by atoms with Crippen LogP contribution in [0.3, 0.4) is 0 Å². The van der Waals surface area contributed by atoms with Gasteiger partial charge in [-0.3, -0.25) is 9.79 Å². The van der Waals surface area contributed by atoms with Gasteiger partial charge < -0.3 is 16.6 Å². The van der Waals surface area contributed by atoms with Crippen LogP contribution in [-0.4, -0.2) is 29.5 Å². The average Bonchev–Trinajstić information content (AvgIpc) is 2.13. The van der Waals surface area contributed by atoms with Crippen molar-refractivity contribution in [1.82, 2.24) is 0 Å². The maximum Gasteiger partial charge on any atom is 0.320 e. The van der Waals surface area contributed by atoms with Crippen LogP contribution in [0.2, 0.25) is 0 Å². The molecule has 0 aliphatic carbocycles. The predicted octanol–water partition coefficient (Wildman–Crippen LogP) is 0.502. The Bertz CT molecular complexity index is 291. The van der Waals surface area contributed by atoms with Crippen molar-refractivity contribution in [1.29, 1.82) is 0 Å². The zero-order valence-corrected chi connectivity index (χ0v) is 9.45. The Hall–Kier alpha value is -1.36. The largest absolute Gasteiger partial charge is 0.480 e. The maximum atomic E-state index is 10.5. The quantitative estimate of drug-likeness (QED) is 0.351. The van der Waals surface area contributed by atoms with Crippen LogP contribution in [0.5, 0.6) is 0 Å². The second kappa shape index (κ2) is 6.19. The van der Waals surface area contributed by atoms with Crippen molar-refractivity contribution >= 4 is 11.8 Å². The van der Waals surface area contributed by atoms with Gasteiger partial charge in [0.15, 0.2) is 0 Å². The molecule has 86 valence electrons. The van der Waals surface area contributed by atoms with E-state index in [0.717, 1.165) is 11.1 Å². The number of aliphatic imine (C=N–C) groups is 1. The second-order valence-electron chi connectivity index (χ2n) is 3.67. The van der Waals surface area contributed by atoms with Crippen LogP contribution in [0.1, 0.15) is 27.2 Å². The fraction of sp³-hybridized carbons (Fsp3) is 0.600. The van der Waals surface area contributed by atoms with E-state index in [4.69, 9.17) is 16.6 Å². The van der Waals surface area contributed by atoms with Crippen molar-refractivity contribution in [2.75, 3.05) is 6.54 Å². The molecule has 5 N–H and O–H groups in total. The highest BCUT2D eigenvalue weighted by Gasteiger charge is 2.12. The van der Waals surface area contributed by atoms with E-state index in [1.54, 1.807) is 6.92 Å². The van der Waals surface area contributed by atoms with Gasteiger partial charge in [0.1, 0.15) is 6.04 Å². The molecular weight excluding hydrogens is 194 g/mol. The predicted molar refractivity (Wildman–Crippen MR) is 60.8 cm³/mol. The van der Waals surface area contributed by atoms with Crippen LogP contribution in [0, 0.1) is 0 Å². The molecule has 5 nitrogen and oxygen atoms in total. The molecule has 5 heteroatoms. The molecule has 0 radical (unpaired) electrons. The smallest absolute Gasteiger partial charge is 0.320 e. The highest BCUT2D eigenvalue weighted by molar-refractivity contribution is 5.77. The van der Waals surface area contributed by atoms with Crippen LogP contribution in [0.4, 0.5) is 0 Å². The van der Waals surface area contributed by atoms with Crippen LogP contribution >= 0.6 is 0 Å². The summed E-state index contributed by atoms with van der Waals surface area (Å²) in [6.07, 6.45) is 0.348. The zero-order chi connectivity index (χ0) is 12.0. The van der Waals surface area contributed by atoms with Gasteiger partial charge in [-0.25, -0.2) is 0 Å². The van der Waals surface area contributed by atoms with Crippen LogP contribution in [-0.2, 0) is 4.79 Å². The van der Waals surface area contributed by atoms with E-state index in [-0.39, 0.29) is 0 Å². The molecule has 0 aromatic rings. The minimum absolute atomic E-state index is 0.348. The Morgan fingerprint density at radius 1 is 1.33 bits per heavy atom. The lowest BCUT2D eigenvalue weighted by Gasteiger charge is -2.09. The van der Waals surface area contributed by atoms with Crippen molar-refractivity contribution in [2.24, 2.45) is 16.5 Å². The van der Waals surface area contributed by atoms with E-state index in [0.29, 0.717) is 18.8 Å². The third kappa shape index (κ3) is 5.85. The number of nitrogens with zero attached hydrogens (tertiary/aromatic N) is 1. The van der Waals surface area contributed by atoms with Crippen LogP contribution in [0.25, 0.3) is 0 Å². The fourth-order valence-electron chi connectivity index (χ4n) is 0.970. The Balaban J connectivity index is 4.38. The number of rotatable bonds is 5. The summed E-state index contributed by atoms with van der Waals surface area (Å²) in [5.41, 5.74) is 12.8. The summed E-state index contributed by atoms with van der Waals surface area (Å²) in [6, 6.07) is -0.845. The van der Waals surface area contributed by atoms with E-state index in [2.05, 4.69) is 4.99 Å². The molecule has 0 rings (SSSR count). The number of aliphatic carboxylic acids is 1. The number of amidine groups is 1. The summed E-state index contributed by atoms with van der Waals surface area (Å²) in [5.74, 6) is -0.467. The lowest BCUT2D eigenvalue weighted by molar-refractivity contribution is -0.138. The summed E-state index contributed by atoms with van der Waals surface area (Å²) in [5, 5.41) is 8.64. The standard InChI is InChI=1S/C10H19N3O2/c1-6(4-9(12)10(14)15)7(2)5-13-8(3)11/h9H,4-5,12H2,1-3H3,(H2,11,13)(H,14,15)/b7-6-. The Morgan fingerprint density at radius 2 is 1.87 bits per heavy atom. The minimum Gasteiger partial charge on any atom is -0.480 e. The third-order valence-corrected chi connectivity index (χ3v) is 2.14. The van der Waals surface area contributed by atoms with E-state index < -0.39 is 12.0 Å². The maximum absolute atomic E-state index is 10.5. The van der Waals surface area contributed by atoms with E-state index in [1.165, 1.54) is 0 Å². The number of carboxylic acid groups (broad SMARTS) is 1. The first-order chi connectivity index (χ1) is 6.84. The lowest BCUT2D eigenvalue weighted by Crippen LogP contribution is -2.30. The van der Waals surface area contributed by atoms with Gasteiger partial charge in [0.25, 0.3) is 0 Å². The molecule has 0 aliphatic rings. The molecule has 0 aromatic carbocycles. The van der Waals surface area contributed by atoms with E-state index in [9.17, 15) is 4.79 Å². The van der Waals surface area contributed by atoms with Gasteiger partial charge >= 0.3 is 5.97 Å². The van der Waals surface area contributed by atoms with Gasteiger partial charge in [0.05, 0.1) is 12.4 Å². The molecule has 0 bridgehead atoms. The normalized spacial score (nSPS) is 15.9. The zero-order valence-electron chi connectivity index (χ0n) is 9.45. The average molecular weight is 213 g/mol. The molecule has 0 heterocycles. The molecule has 15 heavy (non-hydrogen) atoms. The van der Waals surface area contributed by atoms with E-state index in [1.807, 2.05) is 13.8 Å². The van der Waals surface area contributed by atoms with Crippen molar-refractivity contribution in [3.05, 3.63) is 11.1 Å². The van der Waals surface area contributed by atoms with Crippen molar-refractivity contribution < 1.29 is 9.90 Å². The highest BCUT2D eigenvalue weighted by Crippen LogP contribution is 2.10. The molecular formula is C10H19N3O2. The number of carboxylic acids is 1. The molecule has 0 saturated carbocycles. The molecule has 0 aliphatic heterocycles. The summed E-state index contributed by atoms with van der Waals surface area (Å²) < 4.78 is 0. The monoisotopic (exact) mass is 213 g/mol. The number of nitrogens with two attached hydrogens (primary N) is 2. The third-order valence-electron chi connectivity index (χ3n) is 2.14. The van der Waals surface area contributed by atoms with Gasteiger partial charge in [-0.1, -0.05) is 11.1 Å². The highest BCUT2D eigenvalue weighted by atomic mass is 16.4. The molecule has 0 amide bonds. The molecule has 1 unspecified atom stereocenters. The molecule has 0 saturated heterocycles. The number of carbonyl (C=O) groups is 1. The summed E-state index contributed by atoms with van der Waals surface area (Å²) >= 11 is 0. The molecule has 0 aromatic heterocycles. The molecule has 0 spiro atoms. The van der Waals surface area contributed by atoms with Crippen molar-refractivity contribution in [3.63, 3.8) is 0 Å². The minimum atomic E-state index is -0.986. The van der Waals surface area contributed by atoms with Crippen molar-refractivity contribution in [3.8, 4) is 0 Å². The molecule has 1 atom stereocenters. The summed E-state index contributed by atoms with van der Waals surface area (Å²) in [7, 11) is 0. The first-order valence-corrected chi connectivity index (χ1v) is 4.74. The van der Waals surface area contributed by atoms with Gasteiger partial charge in [-0.2, -0.15) is 0 Å².